The summed E-state index contributed by atoms with van der Waals surface area (Å²) in [7, 11) is 5.43. The molecule has 0 spiro atoms. The van der Waals surface area contributed by atoms with Crippen LogP contribution in [0.5, 0.6) is 11.5 Å². The first kappa shape index (κ1) is 19.8. The first-order chi connectivity index (χ1) is 13.1. The number of benzene rings is 1. The number of methoxy groups -OCH3 is 2. The van der Waals surface area contributed by atoms with E-state index in [1.54, 1.807) is 14.2 Å². The number of carbonyl (C=O) groups is 1. The van der Waals surface area contributed by atoms with Crippen LogP contribution in [-0.4, -0.2) is 62.3 Å². The minimum Gasteiger partial charge on any atom is -0.497 e. The SMILES string of the molecule is COc1ccc(CN(C(=O)N[C@@H]2CCCN(C)C2)C2CCCC2)c(OC)c1. The largest absolute Gasteiger partial charge is 0.497 e. The number of carbonyl (C=O) groups excluding carboxylic acids is 1. The first-order valence-corrected chi connectivity index (χ1v) is 10.1. The van der Waals surface area contributed by atoms with E-state index in [1.165, 1.54) is 12.8 Å². The molecule has 1 saturated carbocycles. The van der Waals surface area contributed by atoms with Crippen LogP contribution in [-0.2, 0) is 6.54 Å². The van der Waals surface area contributed by atoms with Gasteiger partial charge in [-0.1, -0.05) is 12.8 Å². The van der Waals surface area contributed by atoms with Crippen LogP contribution in [0.2, 0.25) is 0 Å². The van der Waals surface area contributed by atoms with Crippen LogP contribution in [0.15, 0.2) is 18.2 Å². The smallest absolute Gasteiger partial charge is 0.318 e. The molecule has 2 fully saturated rings. The monoisotopic (exact) mass is 375 g/mol. The molecule has 1 saturated heterocycles. The van der Waals surface area contributed by atoms with Gasteiger partial charge in [-0.25, -0.2) is 4.79 Å². The molecule has 150 valence electrons. The van der Waals surface area contributed by atoms with Crippen LogP contribution in [0.1, 0.15) is 44.1 Å². The Morgan fingerprint density at radius 2 is 1.96 bits per heavy atom. The Morgan fingerprint density at radius 3 is 2.63 bits per heavy atom. The van der Waals surface area contributed by atoms with Gasteiger partial charge in [-0.3, -0.25) is 0 Å². The summed E-state index contributed by atoms with van der Waals surface area (Å²) >= 11 is 0. The van der Waals surface area contributed by atoms with Gasteiger partial charge in [0, 0.05) is 30.3 Å². The number of likely N-dealkylation sites (tertiary alicyclic amines) is 1. The zero-order chi connectivity index (χ0) is 19.2. The van der Waals surface area contributed by atoms with E-state index in [0.717, 1.165) is 55.8 Å². The number of hydrogen-bond donors (Lipinski definition) is 1. The summed E-state index contributed by atoms with van der Waals surface area (Å²) in [6.07, 6.45) is 6.74. The van der Waals surface area contributed by atoms with Gasteiger partial charge >= 0.3 is 6.03 Å². The summed E-state index contributed by atoms with van der Waals surface area (Å²) in [4.78, 5) is 17.5. The number of nitrogens with one attached hydrogen (secondary N) is 1. The molecule has 1 N–H and O–H groups in total. The molecule has 27 heavy (non-hydrogen) atoms. The van der Waals surface area contributed by atoms with Gasteiger partial charge in [0.05, 0.1) is 20.8 Å². The van der Waals surface area contributed by atoms with Crippen molar-refractivity contribution in [3.63, 3.8) is 0 Å². The number of nitrogens with zero attached hydrogens (tertiary/aromatic N) is 2. The minimum absolute atomic E-state index is 0.0556. The molecular formula is C21H33N3O3. The molecule has 1 aromatic carbocycles. The molecule has 1 atom stereocenters. The standard InChI is InChI=1S/C21H33N3O3/c1-23-12-6-7-17(15-23)22-21(25)24(18-8-4-5-9-18)14-16-10-11-19(26-2)13-20(16)27-3/h10-11,13,17-18H,4-9,12,14-15H2,1-3H3,(H,22,25)/t17-/m1/s1. The van der Waals surface area contributed by atoms with Crippen molar-refractivity contribution < 1.29 is 14.3 Å². The van der Waals surface area contributed by atoms with Crippen LogP contribution in [0.25, 0.3) is 0 Å². The molecule has 1 aliphatic carbocycles. The highest BCUT2D eigenvalue weighted by molar-refractivity contribution is 5.75. The predicted octanol–water partition coefficient (Wildman–Crippen LogP) is 3.25. The van der Waals surface area contributed by atoms with E-state index in [9.17, 15) is 4.79 Å². The fraction of sp³-hybridized carbons (Fsp3) is 0.667. The number of piperidine rings is 1. The Balaban J connectivity index is 1.74. The molecular weight excluding hydrogens is 342 g/mol. The van der Waals surface area contributed by atoms with E-state index in [2.05, 4.69) is 17.3 Å². The van der Waals surface area contributed by atoms with Crippen LogP contribution >= 0.6 is 0 Å². The second-order valence-electron chi connectivity index (χ2n) is 7.79. The maximum atomic E-state index is 13.2. The summed E-state index contributed by atoms with van der Waals surface area (Å²) in [5.41, 5.74) is 1.01. The topological polar surface area (TPSA) is 54.0 Å². The Hall–Kier alpha value is -1.95. The third kappa shape index (κ3) is 5.06. The van der Waals surface area contributed by atoms with Crippen LogP contribution in [0.3, 0.4) is 0 Å². The Labute approximate surface area is 162 Å². The highest BCUT2D eigenvalue weighted by Crippen LogP contribution is 2.30. The molecule has 2 aliphatic rings. The quantitative estimate of drug-likeness (QED) is 0.829. The normalized spacial score (nSPS) is 21.1. The summed E-state index contributed by atoms with van der Waals surface area (Å²) in [6.45, 7) is 2.60. The zero-order valence-corrected chi connectivity index (χ0v) is 16.9. The highest BCUT2D eigenvalue weighted by atomic mass is 16.5. The van der Waals surface area contributed by atoms with Gasteiger partial charge in [-0.15, -0.1) is 0 Å². The van der Waals surface area contributed by atoms with Crippen molar-refractivity contribution in [2.75, 3.05) is 34.4 Å². The zero-order valence-electron chi connectivity index (χ0n) is 16.9. The average molecular weight is 376 g/mol. The molecule has 1 heterocycles. The summed E-state index contributed by atoms with van der Waals surface area (Å²) in [5, 5.41) is 3.29. The van der Waals surface area contributed by atoms with Crippen molar-refractivity contribution in [1.29, 1.82) is 0 Å². The molecule has 0 unspecified atom stereocenters. The Kier molecular flexibility index (Phi) is 6.83. The summed E-state index contributed by atoms with van der Waals surface area (Å²) < 4.78 is 10.8. The average Bonchev–Trinajstić information content (AvgIpc) is 3.20. The molecule has 0 bridgehead atoms. The lowest BCUT2D eigenvalue weighted by atomic mass is 10.1. The van der Waals surface area contributed by atoms with Crippen LogP contribution < -0.4 is 14.8 Å². The van der Waals surface area contributed by atoms with Gasteiger partial charge in [0.1, 0.15) is 11.5 Å². The van der Waals surface area contributed by atoms with Crippen molar-refractivity contribution in [2.45, 2.75) is 57.2 Å². The van der Waals surface area contributed by atoms with E-state index < -0.39 is 0 Å². The molecule has 1 aliphatic heterocycles. The third-order valence-corrected chi connectivity index (χ3v) is 5.81. The maximum absolute atomic E-state index is 13.2. The van der Waals surface area contributed by atoms with Crippen LogP contribution in [0.4, 0.5) is 4.79 Å². The van der Waals surface area contributed by atoms with Gasteiger partial charge in [-0.2, -0.15) is 0 Å². The van der Waals surface area contributed by atoms with Crippen molar-refractivity contribution >= 4 is 6.03 Å². The van der Waals surface area contributed by atoms with Crippen molar-refractivity contribution in [1.82, 2.24) is 15.1 Å². The van der Waals surface area contributed by atoms with E-state index in [4.69, 9.17) is 9.47 Å². The number of rotatable bonds is 6. The minimum atomic E-state index is 0.0556. The van der Waals surface area contributed by atoms with Gasteiger partial charge < -0.3 is 24.6 Å². The molecule has 0 aromatic heterocycles. The third-order valence-electron chi connectivity index (χ3n) is 5.81. The maximum Gasteiger partial charge on any atom is 0.318 e. The van der Waals surface area contributed by atoms with E-state index in [-0.39, 0.29) is 12.1 Å². The number of likely N-dealkylation sites (N-methyl/N-ethyl adjacent to an activating group) is 1. The molecule has 6 heteroatoms. The fourth-order valence-corrected chi connectivity index (χ4v) is 4.29. The molecule has 6 nitrogen and oxygen atoms in total. The summed E-state index contributed by atoms with van der Waals surface area (Å²) in [5.74, 6) is 1.53. The van der Waals surface area contributed by atoms with E-state index in [1.807, 2.05) is 23.1 Å². The van der Waals surface area contributed by atoms with Crippen molar-refractivity contribution in [3.05, 3.63) is 23.8 Å². The lowest BCUT2D eigenvalue weighted by Crippen LogP contribution is -2.52. The van der Waals surface area contributed by atoms with Gasteiger partial charge in [0.15, 0.2) is 0 Å². The molecule has 0 radical (unpaired) electrons. The number of ether oxygens (including phenoxy) is 2. The Bertz CT molecular complexity index is 631. The lowest BCUT2D eigenvalue weighted by Gasteiger charge is -2.35. The van der Waals surface area contributed by atoms with Gasteiger partial charge in [0.2, 0.25) is 0 Å². The first-order valence-electron chi connectivity index (χ1n) is 10.1. The molecule has 3 rings (SSSR count). The number of amides is 2. The van der Waals surface area contributed by atoms with Crippen LogP contribution in [0, 0.1) is 0 Å². The lowest BCUT2D eigenvalue weighted by molar-refractivity contribution is 0.156. The molecule has 2 amide bonds. The predicted molar refractivity (Wildman–Crippen MR) is 106 cm³/mol. The van der Waals surface area contributed by atoms with E-state index in [0.29, 0.717) is 12.6 Å². The second-order valence-corrected chi connectivity index (χ2v) is 7.79. The van der Waals surface area contributed by atoms with Gasteiger partial charge in [-0.05, 0) is 51.4 Å². The Morgan fingerprint density at radius 1 is 1.19 bits per heavy atom. The molecule has 1 aromatic rings. The fourth-order valence-electron chi connectivity index (χ4n) is 4.29. The van der Waals surface area contributed by atoms with E-state index >= 15 is 0 Å². The second kappa shape index (κ2) is 9.31. The van der Waals surface area contributed by atoms with Gasteiger partial charge in [0.25, 0.3) is 0 Å². The highest BCUT2D eigenvalue weighted by Gasteiger charge is 2.29. The van der Waals surface area contributed by atoms with Crippen molar-refractivity contribution in [3.8, 4) is 11.5 Å². The van der Waals surface area contributed by atoms with Crippen molar-refractivity contribution in [2.24, 2.45) is 0 Å². The number of urea groups is 1. The number of hydrogen-bond acceptors (Lipinski definition) is 4. The summed E-state index contributed by atoms with van der Waals surface area (Å²) in [6, 6.07) is 6.41.